The van der Waals surface area contributed by atoms with Gasteiger partial charge in [0.2, 0.25) is 0 Å². The van der Waals surface area contributed by atoms with Gasteiger partial charge in [-0.15, -0.1) is 0 Å². The number of allylic oxidation sites excluding steroid dienone is 6. The Bertz CT molecular complexity index is 214. The van der Waals surface area contributed by atoms with Crippen molar-refractivity contribution in [3.8, 4) is 0 Å². The fourth-order valence-electron chi connectivity index (χ4n) is 1.35. The maximum absolute atomic E-state index is 2.32. The van der Waals surface area contributed by atoms with Gasteiger partial charge in [0.1, 0.15) is 0 Å². The Morgan fingerprint density at radius 3 is 2.73 bits per heavy atom. The molecule has 0 heterocycles. The van der Waals surface area contributed by atoms with E-state index in [2.05, 4.69) is 45.1 Å². The highest BCUT2D eigenvalue weighted by Gasteiger charge is 2.01. The molecule has 0 saturated carbocycles. The molecule has 1 rings (SSSR count). The molecule has 0 unspecified atom stereocenters. The highest BCUT2D eigenvalue weighted by molar-refractivity contribution is 5.38. The Kier molecular flexibility index (Phi) is 2.70. The van der Waals surface area contributed by atoms with E-state index in [1.54, 1.807) is 0 Å². The van der Waals surface area contributed by atoms with E-state index >= 15 is 0 Å². The summed E-state index contributed by atoms with van der Waals surface area (Å²) < 4.78 is 0. The zero-order chi connectivity index (χ0) is 8.27. The Hall–Kier alpha value is -0.780. The summed E-state index contributed by atoms with van der Waals surface area (Å²) in [7, 11) is 0. The molecule has 1 aliphatic carbocycles. The Morgan fingerprint density at radius 1 is 1.55 bits per heavy atom. The molecule has 0 aliphatic heterocycles. The molecule has 1 aliphatic rings. The van der Waals surface area contributed by atoms with E-state index in [4.69, 9.17) is 0 Å². The SMILES string of the molecule is C/C(=C\C(C)C)C1=CC=CC1. The minimum atomic E-state index is 0.663. The van der Waals surface area contributed by atoms with Gasteiger partial charge in [0.25, 0.3) is 0 Å². The van der Waals surface area contributed by atoms with Gasteiger partial charge in [0.15, 0.2) is 0 Å². The fourth-order valence-corrected chi connectivity index (χ4v) is 1.35. The van der Waals surface area contributed by atoms with Crippen LogP contribution in [0.1, 0.15) is 27.2 Å². The first-order valence-electron chi connectivity index (χ1n) is 4.24. The van der Waals surface area contributed by atoms with Gasteiger partial charge in [0.05, 0.1) is 0 Å². The van der Waals surface area contributed by atoms with Crippen molar-refractivity contribution in [2.45, 2.75) is 27.2 Å². The molecule has 60 valence electrons. The van der Waals surface area contributed by atoms with Crippen molar-refractivity contribution in [3.05, 3.63) is 35.5 Å². The van der Waals surface area contributed by atoms with Gasteiger partial charge in [-0.2, -0.15) is 0 Å². The highest BCUT2D eigenvalue weighted by atomic mass is 14.1. The van der Waals surface area contributed by atoms with Crippen molar-refractivity contribution in [1.29, 1.82) is 0 Å². The van der Waals surface area contributed by atoms with Crippen LogP contribution in [0.5, 0.6) is 0 Å². The third-order valence-electron chi connectivity index (χ3n) is 1.86. The summed E-state index contributed by atoms with van der Waals surface area (Å²) in [5.74, 6) is 0.663. The van der Waals surface area contributed by atoms with Gasteiger partial charge < -0.3 is 0 Å². The lowest BCUT2D eigenvalue weighted by atomic mass is 10.0. The van der Waals surface area contributed by atoms with Gasteiger partial charge in [-0.1, -0.05) is 43.7 Å². The molecule has 0 spiro atoms. The van der Waals surface area contributed by atoms with Crippen molar-refractivity contribution in [2.24, 2.45) is 5.92 Å². The minimum Gasteiger partial charge on any atom is -0.0801 e. The lowest BCUT2D eigenvalue weighted by molar-refractivity contribution is 0.822. The van der Waals surface area contributed by atoms with Crippen LogP contribution in [0.15, 0.2) is 35.5 Å². The van der Waals surface area contributed by atoms with Crippen LogP contribution >= 0.6 is 0 Å². The van der Waals surface area contributed by atoms with Gasteiger partial charge >= 0.3 is 0 Å². The molecule has 0 nitrogen and oxygen atoms in total. The molecule has 0 atom stereocenters. The second-order valence-corrected chi connectivity index (χ2v) is 3.42. The van der Waals surface area contributed by atoms with E-state index in [1.807, 2.05) is 0 Å². The molecule has 0 saturated heterocycles. The van der Waals surface area contributed by atoms with Crippen molar-refractivity contribution < 1.29 is 0 Å². The summed E-state index contributed by atoms with van der Waals surface area (Å²) in [5.41, 5.74) is 2.91. The van der Waals surface area contributed by atoms with Crippen LogP contribution in [0.4, 0.5) is 0 Å². The first kappa shape index (κ1) is 8.32. The normalized spacial score (nSPS) is 17.8. The van der Waals surface area contributed by atoms with E-state index in [9.17, 15) is 0 Å². The summed E-state index contributed by atoms with van der Waals surface area (Å²) in [5, 5.41) is 0. The van der Waals surface area contributed by atoms with Crippen LogP contribution in [0.25, 0.3) is 0 Å². The molecule has 11 heavy (non-hydrogen) atoms. The van der Waals surface area contributed by atoms with Crippen molar-refractivity contribution in [1.82, 2.24) is 0 Å². The Balaban J connectivity index is 2.61. The summed E-state index contributed by atoms with van der Waals surface area (Å²) in [6.45, 7) is 6.62. The first-order valence-corrected chi connectivity index (χ1v) is 4.24. The highest BCUT2D eigenvalue weighted by Crippen LogP contribution is 2.20. The quantitative estimate of drug-likeness (QED) is 0.562. The van der Waals surface area contributed by atoms with Crippen LogP contribution in [-0.4, -0.2) is 0 Å². The van der Waals surface area contributed by atoms with Gasteiger partial charge in [0, 0.05) is 0 Å². The maximum Gasteiger partial charge on any atom is -0.00918 e. The van der Waals surface area contributed by atoms with Crippen LogP contribution in [0.3, 0.4) is 0 Å². The molecule has 0 aromatic carbocycles. The third-order valence-corrected chi connectivity index (χ3v) is 1.86. The van der Waals surface area contributed by atoms with Crippen molar-refractivity contribution in [3.63, 3.8) is 0 Å². The molecule has 0 radical (unpaired) electrons. The standard InChI is InChI=1S/C11H16/c1-9(2)8-10(3)11-6-4-5-7-11/h4-6,8-9H,7H2,1-3H3/b10-8+. The number of rotatable bonds is 2. The average molecular weight is 148 g/mol. The van der Waals surface area contributed by atoms with Gasteiger partial charge in [-0.05, 0) is 24.8 Å². The molecule has 0 bridgehead atoms. The van der Waals surface area contributed by atoms with Crippen molar-refractivity contribution >= 4 is 0 Å². The molecule has 0 heteroatoms. The molecule has 0 fully saturated rings. The third kappa shape index (κ3) is 2.38. The van der Waals surface area contributed by atoms with Crippen LogP contribution in [-0.2, 0) is 0 Å². The van der Waals surface area contributed by atoms with Gasteiger partial charge in [-0.3, -0.25) is 0 Å². The van der Waals surface area contributed by atoms with Crippen LogP contribution in [0, 0.1) is 5.92 Å². The largest absolute Gasteiger partial charge is 0.0801 e. The molecule has 0 aromatic rings. The first-order chi connectivity index (χ1) is 5.20. The molecule has 0 amide bonds. The lowest BCUT2D eigenvalue weighted by Gasteiger charge is -2.03. The van der Waals surface area contributed by atoms with Crippen LogP contribution < -0.4 is 0 Å². The Labute approximate surface area is 69.3 Å². The number of hydrogen-bond acceptors (Lipinski definition) is 0. The van der Waals surface area contributed by atoms with Crippen LogP contribution in [0.2, 0.25) is 0 Å². The topological polar surface area (TPSA) is 0 Å². The second kappa shape index (κ2) is 3.56. The fraction of sp³-hybridized carbons (Fsp3) is 0.455. The van der Waals surface area contributed by atoms with E-state index < -0.39 is 0 Å². The number of hydrogen-bond donors (Lipinski definition) is 0. The predicted molar refractivity (Wildman–Crippen MR) is 50.4 cm³/mol. The predicted octanol–water partition coefficient (Wildman–Crippen LogP) is 3.48. The molecular weight excluding hydrogens is 132 g/mol. The lowest BCUT2D eigenvalue weighted by Crippen LogP contribution is -1.86. The molecular formula is C11H16. The average Bonchev–Trinajstić information content (AvgIpc) is 2.35. The van der Waals surface area contributed by atoms with E-state index in [0.717, 1.165) is 6.42 Å². The maximum atomic E-state index is 2.32. The zero-order valence-electron chi connectivity index (χ0n) is 7.59. The monoisotopic (exact) mass is 148 g/mol. The van der Waals surface area contributed by atoms with E-state index in [-0.39, 0.29) is 0 Å². The molecule has 0 aromatic heterocycles. The van der Waals surface area contributed by atoms with Crippen molar-refractivity contribution in [2.75, 3.05) is 0 Å². The smallest absolute Gasteiger partial charge is 0.00918 e. The summed E-state index contributed by atoms with van der Waals surface area (Å²) in [6, 6.07) is 0. The minimum absolute atomic E-state index is 0.663. The van der Waals surface area contributed by atoms with Gasteiger partial charge in [-0.25, -0.2) is 0 Å². The van der Waals surface area contributed by atoms with E-state index in [1.165, 1.54) is 11.1 Å². The Morgan fingerprint density at radius 2 is 2.27 bits per heavy atom. The summed E-state index contributed by atoms with van der Waals surface area (Å²) >= 11 is 0. The summed E-state index contributed by atoms with van der Waals surface area (Å²) in [4.78, 5) is 0. The molecule has 0 N–H and O–H groups in total. The summed E-state index contributed by atoms with van der Waals surface area (Å²) in [6.07, 6.45) is 9.97. The van der Waals surface area contributed by atoms with E-state index in [0.29, 0.717) is 5.92 Å². The zero-order valence-corrected chi connectivity index (χ0v) is 7.59. The second-order valence-electron chi connectivity index (χ2n) is 3.42.